The van der Waals surface area contributed by atoms with E-state index in [4.69, 9.17) is 5.11 Å². The SMILES string of the molecule is CON=C(C(=O)O)C(SC)C(C)C. The van der Waals surface area contributed by atoms with Gasteiger partial charge in [0.15, 0.2) is 5.71 Å². The maximum absolute atomic E-state index is 10.8. The van der Waals surface area contributed by atoms with Crippen molar-refractivity contribution in [3.63, 3.8) is 0 Å². The van der Waals surface area contributed by atoms with Crippen molar-refractivity contribution in [2.75, 3.05) is 13.4 Å². The highest BCUT2D eigenvalue weighted by atomic mass is 32.2. The molecule has 0 saturated carbocycles. The molecule has 0 bridgehead atoms. The van der Waals surface area contributed by atoms with Crippen LogP contribution in [0, 0.1) is 5.92 Å². The molecule has 0 radical (unpaired) electrons. The standard InChI is InChI=1S/C8H15NO3S/c1-5(2)7(13-4)6(8(10)11)9-12-3/h5,7H,1-4H3,(H,10,11). The normalized spacial score (nSPS) is 14.4. The van der Waals surface area contributed by atoms with Crippen LogP contribution in [0.1, 0.15) is 13.8 Å². The summed E-state index contributed by atoms with van der Waals surface area (Å²) >= 11 is 1.46. The number of carboxylic acid groups (broad SMARTS) is 1. The molecule has 13 heavy (non-hydrogen) atoms. The molecule has 0 rings (SSSR count). The first kappa shape index (κ1) is 12.3. The van der Waals surface area contributed by atoms with E-state index < -0.39 is 5.97 Å². The molecule has 4 nitrogen and oxygen atoms in total. The van der Waals surface area contributed by atoms with Crippen molar-refractivity contribution in [3.05, 3.63) is 0 Å². The van der Waals surface area contributed by atoms with Crippen LogP contribution in [0.5, 0.6) is 0 Å². The van der Waals surface area contributed by atoms with Gasteiger partial charge in [0.1, 0.15) is 7.11 Å². The van der Waals surface area contributed by atoms with Crippen molar-refractivity contribution in [1.29, 1.82) is 0 Å². The maximum atomic E-state index is 10.8. The Hall–Kier alpha value is -0.710. The number of aliphatic carboxylic acids is 1. The maximum Gasteiger partial charge on any atom is 0.354 e. The van der Waals surface area contributed by atoms with Crippen molar-refractivity contribution >= 4 is 23.4 Å². The lowest BCUT2D eigenvalue weighted by atomic mass is 10.1. The summed E-state index contributed by atoms with van der Waals surface area (Å²) in [5.41, 5.74) is 0.0741. The number of nitrogens with zero attached hydrogens (tertiary/aromatic N) is 1. The second kappa shape index (κ2) is 5.85. The molecule has 0 aromatic rings. The fourth-order valence-electron chi connectivity index (χ4n) is 1.01. The Balaban J connectivity index is 4.70. The average molecular weight is 205 g/mol. The lowest BCUT2D eigenvalue weighted by Crippen LogP contribution is -2.30. The van der Waals surface area contributed by atoms with Crippen LogP contribution in [0.25, 0.3) is 0 Å². The Labute approximate surface area is 82.3 Å². The molecular weight excluding hydrogens is 190 g/mol. The lowest BCUT2D eigenvalue weighted by molar-refractivity contribution is -0.129. The second-order valence-corrected chi connectivity index (χ2v) is 3.84. The van der Waals surface area contributed by atoms with Crippen molar-refractivity contribution < 1.29 is 14.7 Å². The number of oxime groups is 1. The van der Waals surface area contributed by atoms with Crippen LogP contribution in [0.3, 0.4) is 0 Å². The zero-order chi connectivity index (χ0) is 10.4. The molecule has 0 heterocycles. The van der Waals surface area contributed by atoms with Crippen LogP contribution in [-0.4, -0.2) is 35.4 Å². The molecule has 1 atom stereocenters. The number of hydrogen-bond donors (Lipinski definition) is 1. The third-order valence-corrected chi connectivity index (χ3v) is 2.81. The summed E-state index contributed by atoms with van der Waals surface area (Å²) in [7, 11) is 1.35. The molecule has 0 aromatic carbocycles. The zero-order valence-corrected chi connectivity index (χ0v) is 9.09. The fraction of sp³-hybridized carbons (Fsp3) is 0.750. The summed E-state index contributed by atoms with van der Waals surface area (Å²) in [6, 6.07) is 0. The minimum absolute atomic E-state index is 0.0741. The van der Waals surface area contributed by atoms with Crippen molar-refractivity contribution in [2.24, 2.45) is 11.1 Å². The summed E-state index contributed by atoms with van der Waals surface area (Å²) in [6.07, 6.45) is 1.86. The number of hydrogen-bond acceptors (Lipinski definition) is 4. The summed E-state index contributed by atoms with van der Waals surface area (Å²) in [5.74, 6) is -0.796. The first-order chi connectivity index (χ1) is 6.04. The van der Waals surface area contributed by atoms with Crippen molar-refractivity contribution in [2.45, 2.75) is 19.1 Å². The van der Waals surface area contributed by atoms with Crippen LogP contribution in [0.15, 0.2) is 5.16 Å². The quantitative estimate of drug-likeness (QED) is 0.545. The average Bonchev–Trinajstić information content (AvgIpc) is 2.03. The van der Waals surface area contributed by atoms with Gasteiger partial charge in [-0.25, -0.2) is 4.79 Å². The molecular formula is C8H15NO3S. The van der Waals surface area contributed by atoms with Gasteiger partial charge in [-0.2, -0.15) is 11.8 Å². The van der Waals surface area contributed by atoms with E-state index in [9.17, 15) is 4.79 Å². The van der Waals surface area contributed by atoms with Gasteiger partial charge in [0.25, 0.3) is 0 Å². The fourth-order valence-corrected chi connectivity index (χ4v) is 1.92. The van der Waals surface area contributed by atoms with E-state index >= 15 is 0 Å². The van der Waals surface area contributed by atoms with Gasteiger partial charge in [0.2, 0.25) is 0 Å². The van der Waals surface area contributed by atoms with E-state index in [0.29, 0.717) is 0 Å². The van der Waals surface area contributed by atoms with Crippen molar-refractivity contribution in [3.8, 4) is 0 Å². The van der Waals surface area contributed by atoms with Crippen LogP contribution < -0.4 is 0 Å². The molecule has 76 valence electrons. The second-order valence-electron chi connectivity index (χ2n) is 2.86. The molecule has 0 aliphatic rings. The number of thioether (sulfide) groups is 1. The summed E-state index contributed by atoms with van der Waals surface area (Å²) < 4.78 is 0. The third-order valence-electron chi connectivity index (χ3n) is 1.54. The van der Waals surface area contributed by atoms with E-state index in [-0.39, 0.29) is 16.9 Å². The predicted octanol–water partition coefficient (Wildman–Crippen LogP) is 1.46. The van der Waals surface area contributed by atoms with Gasteiger partial charge in [0.05, 0.1) is 5.25 Å². The van der Waals surface area contributed by atoms with Crippen LogP contribution >= 0.6 is 11.8 Å². The Morgan fingerprint density at radius 3 is 2.31 bits per heavy atom. The monoisotopic (exact) mass is 205 g/mol. The molecule has 0 aromatic heterocycles. The van der Waals surface area contributed by atoms with E-state index in [2.05, 4.69) is 9.99 Å². The highest BCUT2D eigenvalue weighted by molar-refractivity contribution is 8.00. The minimum atomic E-state index is -1.02. The van der Waals surface area contributed by atoms with Gasteiger partial charge in [0, 0.05) is 0 Å². The Kier molecular flexibility index (Phi) is 5.53. The van der Waals surface area contributed by atoms with E-state index in [0.717, 1.165) is 0 Å². The van der Waals surface area contributed by atoms with Gasteiger partial charge < -0.3 is 9.94 Å². The zero-order valence-electron chi connectivity index (χ0n) is 8.27. The first-order valence-electron chi connectivity index (χ1n) is 3.91. The van der Waals surface area contributed by atoms with Gasteiger partial charge in [-0.1, -0.05) is 19.0 Å². The highest BCUT2D eigenvalue weighted by Gasteiger charge is 2.25. The highest BCUT2D eigenvalue weighted by Crippen LogP contribution is 2.18. The van der Waals surface area contributed by atoms with Gasteiger partial charge in [-0.15, -0.1) is 0 Å². The summed E-state index contributed by atoms with van der Waals surface area (Å²) in [5, 5.41) is 12.2. The number of rotatable bonds is 5. The van der Waals surface area contributed by atoms with Crippen molar-refractivity contribution in [1.82, 2.24) is 0 Å². The van der Waals surface area contributed by atoms with E-state index in [1.807, 2.05) is 20.1 Å². The summed E-state index contributed by atoms with van der Waals surface area (Å²) in [4.78, 5) is 15.3. The van der Waals surface area contributed by atoms with E-state index in [1.54, 1.807) is 0 Å². The molecule has 0 aliphatic carbocycles. The van der Waals surface area contributed by atoms with Crippen LogP contribution in [0.4, 0.5) is 0 Å². The molecule has 5 heteroatoms. The van der Waals surface area contributed by atoms with E-state index in [1.165, 1.54) is 18.9 Å². The molecule has 0 aliphatic heterocycles. The molecule has 1 unspecified atom stereocenters. The number of carboxylic acids is 1. The summed E-state index contributed by atoms with van der Waals surface area (Å²) in [6.45, 7) is 3.91. The lowest BCUT2D eigenvalue weighted by Gasteiger charge is -2.16. The largest absolute Gasteiger partial charge is 0.477 e. The third kappa shape index (κ3) is 3.67. The Morgan fingerprint density at radius 2 is 2.08 bits per heavy atom. The molecule has 0 fully saturated rings. The molecule has 0 saturated heterocycles. The molecule has 0 spiro atoms. The molecule has 1 N–H and O–H groups in total. The number of carbonyl (C=O) groups is 1. The van der Waals surface area contributed by atoms with Gasteiger partial charge >= 0.3 is 5.97 Å². The Morgan fingerprint density at radius 1 is 1.54 bits per heavy atom. The van der Waals surface area contributed by atoms with Gasteiger partial charge in [-0.3, -0.25) is 0 Å². The predicted molar refractivity (Wildman–Crippen MR) is 54.2 cm³/mol. The Bertz CT molecular complexity index is 204. The smallest absolute Gasteiger partial charge is 0.354 e. The topological polar surface area (TPSA) is 58.9 Å². The van der Waals surface area contributed by atoms with Gasteiger partial charge in [-0.05, 0) is 12.2 Å². The minimum Gasteiger partial charge on any atom is -0.477 e. The first-order valence-corrected chi connectivity index (χ1v) is 5.20. The molecule has 0 amide bonds. The van der Waals surface area contributed by atoms with Crippen LogP contribution in [-0.2, 0) is 9.63 Å². The van der Waals surface area contributed by atoms with Crippen LogP contribution in [0.2, 0.25) is 0 Å².